The lowest BCUT2D eigenvalue weighted by Gasteiger charge is -2.07. The van der Waals surface area contributed by atoms with Crippen LogP contribution in [0, 0.1) is 0 Å². The maximum atomic E-state index is 11.1. The second-order valence-electron chi connectivity index (χ2n) is 3.04. The highest BCUT2D eigenvalue weighted by atomic mass is 79.9. The highest BCUT2D eigenvalue weighted by Gasteiger charge is 2.15. The van der Waals surface area contributed by atoms with Crippen LogP contribution in [-0.4, -0.2) is 20.9 Å². The second-order valence-corrected chi connectivity index (χ2v) is 4.81. The molecule has 82 valence electrons. The molecule has 0 aliphatic rings. The summed E-state index contributed by atoms with van der Waals surface area (Å²) in [5.41, 5.74) is 0.714. The summed E-state index contributed by atoms with van der Waals surface area (Å²) in [6.07, 6.45) is 3.31. The highest BCUT2D eigenvalue weighted by Crippen LogP contribution is 2.24. The average Bonchev–Trinajstić information content (AvgIpc) is 2.63. The van der Waals surface area contributed by atoms with Gasteiger partial charge < -0.3 is 5.11 Å². The van der Waals surface area contributed by atoms with Crippen LogP contribution < -0.4 is 0 Å². The number of hydrogen-bond donors (Lipinski definition) is 1. The maximum Gasteiger partial charge on any atom is 0.339 e. The Morgan fingerprint density at radius 2 is 2.12 bits per heavy atom. The van der Waals surface area contributed by atoms with Crippen molar-refractivity contribution in [3.63, 3.8) is 0 Å². The van der Waals surface area contributed by atoms with Crippen LogP contribution in [0.5, 0.6) is 0 Å². The van der Waals surface area contributed by atoms with Crippen LogP contribution in [0.15, 0.2) is 39.5 Å². The third kappa shape index (κ3) is 2.03. The van der Waals surface area contributed by atoms with Gasteiger partial charge in [-0.2, -0.15) is 5.10 Å². The van der Waals surface area contributed by atoms with Gasteiger partial charge >= 0.3 is 5.97 Å². The first-order valence-corrected chi connectivity index (χ1v) is 5.90. The molecule has 0 saturated heterocycles. The lowest BCUT2D eigenvalue weighted by Crippen LogP contribution is -2.06. The molecule has 0 aliphatic heterocycles. The molecule has 0 saturated carbocycles. The number of rotatable bonds is 2. The first-order chi connectivity index (χ1) is 7.59. The largest absolute Gasteiger partial charge is 0.478 e. The smallest absolute Gasteiger partial charge is 0.339 e. The molecule has 2 rings (SSSR count). The van der Waals surface area contributed by atoms with Crippen molar-refractivity contribution in [3.8, 4) is 5.69 Å². The SMILES string of the molecule is O=C(O)c1c(Br)cccc1-n1cc(Br)cn1. The third-order valence-corrected chi connectivity index (χ3v) is 3.07. The van der Waals surface area contributed by atoms with Gasteiger partial charge in [-0.25, -0.2) is 9.48 Å². The molecule has 0 bridgehead atoms. The summed E-state index contributed by atoms with van der Waals surface area (Å²) in [4.78, 5) is 11.1. The molecule has 4 nitrogen and oxygen atoms in total. The second kappa shape index (κ2) is 4.39. The number of nitrogens with zero attached hydrogens (tertiary/aromatic N) is 2. The van der Waals surface area contributed by atoms with E-state index in [0.717, 1.165) is 4.47 Å². The predicted octanol–water partition coefficient (Wildman–Crippen LogP) is 3.10. The molecule has 0 radical (unpaired) electrons. The molecular formula is C10H6Br2N2O2. The van der Waals surface area contributed by atoms with Gasteiger partial charge in [0.2, 0.25) is 0 Å². The molecule has 0 aliphatic carbocycles. The maximum absolute atomic E-state index is 11.1. The normalized spacial score (nSPS) is 10.4. The van der Waals surface area contributed by atoms with Gasteiger partial charge in [0.1, 0.15) is 0 Å². The molecule has 1 aromatic carbocycles. The molecule has 0 atom stereocenters. The molecule has 1 heterocycles. The minimum Gasteiger partial charge on any atom is -0.478 e. The van der Waals surface area contributed by atoms with E-state index >= 15 is 0 Å². The van der Waals surface area contributed by atoms with E-state index in [0.29, 0.717) is 10.2 Å². The Kier molecular flexibility index (Phi) is 3.11. The van der Waals surface area contributed by atoms with Gasteiger partial charge in [0, 0.05) is 10.7 Å². The molecule has 2 aromatic rings. The van der Waals surface area contributed by atoms with Crippen LogP contribution in [0.4, 0.5) is 0 Å². The summed E-state index contributed by atoms with van der Waals surface area (Å²) in [6.45, 7) is 0. The molecule has 0 unspecified atom stereocenters. The van der Waals surface area contributed by atoms with Crippen LogP contribution in [0.25, 0.3) is 5.69 Å². The van der Waals surface area contributed by atoms with Crippen LogP contribution in [0.1, 0.15) is 10.4 Å². The Bertz CT molecular complexity index is 552. The summed E-state index contributed by atoms with van der Waals surface area (Å²) in [6, 6.07) is 5.15. The van der Waals surface area contributed by atoms with Crippen molar-refractivity contribution < 1.29 is 9.90 Å². The molecule has 1 aromatic heterocycles. The molecule has 1 N–H and O–H groups in total. The molecule has 16 heavy (non-hydrogen) atoms. The molecule has 0 fully saturated rings. The summed E-state index contributed by atoms with van der Waals surface area (Å²) < 4.78 is 2.84. The first-order valence-electron chi connectivity index (χ1n) is 4.32. The van der Waals surface area contributed by atoms with E-state index in [2.05, 4.69) is 37.0 Å². The van der Waals surface area contributed by atoms with Gasteiger partial charge in [-0.3, -0.25) is 0 Å². The van der Waals surface area contributed by atoms with Gasteiger partial charge in [-0.05, 0) is 44.0 Å². The van der Waals surface area contributed by atoms with Crippen LogP contribution in [0.3, 0.4) is 0 Å². The number of carboxylic acid groups (broad SMARTS) is 1. The highest BCUT2D eigenvalue weighted by molar-refractivity contribution is 9.10. The van der Waals surface area contributed by atoms with Crippen molar-refractivity contribution >= 4 is 37.8 Å². The van der Waals surface area contributed by atoms with E-state index in [1.54, 1.807) is 30.6 Å². The Labute approximate surface area is 108 Å². The number of carbonyl (C=O) groups is 1. The fourth-order valence-electron chi connectivity index (χ4n) is 1.35. The van der Waals surface area contributed by atoms with E-state index in [4.69, 9.17) is 5.11 Å². The third-order valence-electron chi connectivity index (χ3n) is 2.00. The summed E-state index contributed by atoms with van der Waals surface area (Å²) in [5, 5.41) is 13.2. The quantitative estimate of drug-likeness (QED) is 0.909. The minimum atomic E-state index is -0.992. The molecular weight excluding hydrogens is 340 g/mol. The fourth-order valence-corrected chi connectivity index (χ4v) is 2.16. The molecule has 6 heteroatoms. The Morgan fingerprint density at radius 3 is 2.69 bits per heavy atom. The molecule has 0 amide bonds. The zero-order valence-electron chi connectivity index (χ0n) is 7.89. The lowest BCUT2D eigenvalue weighted by atomic mass is 10.2. The van der Waals surface area contributed by atoms with E-state index < -0.39 is 5.97 Å². The number of hydrogen-bond acceptors (Lipinski definition) is 2. The topological polar surface area (TPSA) is 55.1 Å². The Hall–Kier alpha value is -1.14. The Morgan fingerprint density at radius 1 is 1.38 bits per heavy atom. The van der Waals surface area contributed by atoms with E-state index in [1.165, 1.54) is 4.68 Å². The number of carboxylic acids is 1. The fraction of sp³-hybridized carbons (Fsp3) is 0. The zero-order chi connectivity index (χ0) is 11.7. The monoisotopic (exact) mass is 344 g/mol. The van der Waals surface area contributed by atoms with Crippen molar-refractivity contribution in [3.05, 3.63) is 45.1 Å². The van der Waals surface area contributed by atoms with Gasteiger partial charge in [-0.15, -0.1) is 0 Å². The van der Waals surface area contributed by atoms with Crippen molar-refractivity contribution in [2.75, 3.05) is 0 Å². The van der Waals surface area contributed by atoms with Crippen molar-refractivity contribution in [2.45, 2.75) is 0 Å². The van der Waals surface area contributed by atoms with Crippen molar-refractivity contribution in [1.29, 1.82) is 0 Å². The van der Waals surface area contributed by atoms with Crippen LogP contribution in [0.2, 0.25) is 0 Å². The number of aromatic nitrogens is 2. The van der Waals surface area contributed by atoms with Crippen molar-refractivity contribution in [1.82, 2.24) is 9.78 Å². The van der Waals surface area contributed by atoms with Gasteiger partial charge in [0.25, 0.3) is 0 Å². The van der Waals surface area contributed by atoms with Crippen LogP contribution in [-0.2, 0) is 0 Å². The predicted molar refractivity (Wildman–Crippen MR) is 65.9 cm³/mol. The number of halogens is 2. The average molecular weight is 346 g/mol. The van der Waals surface area contributed by atoms with Gasteiger partial charge in [-0.1, -0.05) is 6.07 Å². The van der Waals surface area contributed by atoms with E-state index in [1.807, 2.05) is 0 Å². The number of benzene rings is 1. The summed E-state index contributed by atoms with van der Waals surface area (Å²) in [7, 11) is 0. The summed E-state index contributed by atoms with van der Waals surface area (Å²) >= 11 is 6.49. The number of aromatic carboxylic acids is 1. The van der Waals surface area contributed by atoms with Gasteiger partial charge in [0.05, 0.1) is 21.9 Å². The minimum absolute atomic E-state index is 0.193. The lowest BCUT2D eigenvalue weighted by molar-refractivity contribution is 0.0696. The first kappa shape index (κ1) is 11.3. The standard InChI is InChI=1S/C10H6Br2N2O2/c11-6-4-13-14(5-6)8-3-1-2-7(12)9(8)10(15)16/h1-5H,(H,15,16). The Balaban J connectivity index is 2.65. The van der Waals surface area contributed by atoms with E-state index in [-0.39, 0.29) is 5.56 Å². The zero-order valence-corrected chi connectivity index (χ0v) is 11.1. The summed E-state index contributed by atoms with van der Waals surface area (Å²) in [5.74, 6) is -0.992. The van der Waals surface area contributed by atoms with Crippen LogP contribution >= 0.6 is 31.9 Å². The molecule has 0 spiro atoms. The van der Waals surface area contributed by atoms with Gasteiger partial charge in [0.15, 0.2) is 0 Å². The van der Waals surface area contributed by atoms with Crippen molar-refractivity contribution in [2.24, 2.45) is 0 Å². The van der Waals surface area contributed by atoms with E-state index in [9.17, 15) is 4.79 Å².